The summed E-state index contributed by atoms with van der Waals surface area (Å²) in [7, 11) is 3.03. The van der Waals surface area contributed by atoms with E-state index in [2.05, 4.69) is 25.0 Å². The Balaban J connectivity index is 1.63. The molecule has 8 nitrogen and oxygen atoms in total. The molecular formula is C18H19FN6O2. The second kappa shape index (κ2) is 5.77. The zero-order chi connectivity index (χ0) is 18.6. The molecule has 27 heavy (non-hydrogen) atoms. The van der Waals surface area contributed by atoms with E-state index >= 15 is 0 Å². The standard InChI is InChI=1S/C18H19FN6O2/c1-26-16-11(8-21-17(22-16)27-2)12-7-13(15-20-5-6-25(15)23-12)24-9-14(19)18(10-24)3-4-18/h5-8,14H,3-4,9-10H2,1-2H3. The minimum atomic E-state index is -0.803. The fraction of sp³-hybridized carbons (Fsp3) is 0.444. The van der Waals surface area contributed by atoms with Crippen LogP contribution in [0.1, 0.15) is 12.8 Å². The Hall–Kier alpha value is -2.97. The number of ether oxygens (including phenoxy) is 2. The number of anilines is 1. The largest absolute Gasteiger partial charge is 0.480 e. The smallest absolute Gasteiger partial charge is 0.319 e. The van der Waals surface area contributed by atoms with E-state index in [1.165, 1.54) is 14.2 Å². The van der Waals surface area contributed by atoms with E-state index in [-0.39, 0.29) is 11.4 Å². The molecule has 1 saturated heterocycles. The Morgan fingerprint density at radius 1 is 1.22 bits per heavy atom. The molecule has 1 aliphatic heterocycles. The Labute approximate surface area is 155 Å². The van der Waals surface area contributed by atoms with Crippen molar-refractivity contribution in [1.82, 2.24) is 24.6 Å². The Morgan fingerprint density at radius 3 is 2.78 bits per heavy atom. The molecular weight excluding hydrogens is 351 g/mol. The van der Waals surface area contributed by atoms with Gasteiger partial charge >= 0.3 is 6.01 Å². The summed E-state index contributed by atoms with van der Waals surface area (Å²) in [5.41, 5.74) is 2.65. The quantitative estimate of drug-likeness (QED) is 0.696. The van der Waals surface area contributed by atoms with Crippen LogP contribution in [-0.4, -0.2) is 58.0 Å². The second-order valence-electron chi connectivity index (χ2n) is 7.10. The summed E-state index contributed by atoms with van der Waals surface area (Å²) >= 11 is 0. The van der Waals surface area contributed by atoms with Gasteiger partial charge < -0.3 is 14.4 Å². The maximum Gasteiger partial charge on any atom is 0.319 e. The highest BCUT2D eigenvalue weighted by Crippen LogP contribution is 2.55. The first-order valence-electron chi connectivity index (χ1n) is 8.82. The van der Waals surface area contributed by atoms with Gasteiger partial charge in [0.2, 0.25) is 5.88 Å². The van der Waals surface area contributed by atoms with E-state index in [9.17, 15) is 4.39 Å². The maximum atomic E-state index is 14.5. The molecule has 1 aliphatic carbocycles. The monoisotopic (exact) mass is 370 g/mol. The molecule has 0 amide bonds. The number of nitrogens with zero attached hydrogens (tertiary/aromatic N) is 6. The zero-order valence-electron chi connectivity index (χ0n) is 15.1. The summed E-state index contributed by atoms with van der Waals surface area (Å²) in [6.07, 6.45) is 6.18. The number of methoxy groups -OCH3 is 2. The van der Waals surface area contributed by atoms with Gasteiger partial charge in [-0.3, -0.25) is 0 Å². The Bertz CT molecular complexity index is 1020. The third kappa shape index (κ3) is 2.48. The van der Waals surface area contributed by atoms with Crippen molar-refractivity contribution in [3.8, 4) is 23.1 Å². The lowest BCUT2D eigenvalue weighted by Crippen LogP contribution is -2.21. The highest BCUT2D eigenvalue weighted by Gasteiger charge is 2.56. The average molecular weight is 370 g/mol. The lowest BCUT2D eigenvalue weighted by molar-refractivity contribution is 0.267. The lowest BCUT2D eigenvalue weighted by Gasteiger charge is -2.20. The van der Waals surface area contributed by atoms with Crippen LogP contribution < -0.4 is 14.4 Å². The van der Waals surface area contributed by atoms with Crippen LogP contribution >= 0.6 is 0 Å². The molecule has 1 atom stereocenters. The van der Waals surface area contributed by atoms with E-state index in [0.717, 1.165) is 18.5 Å². The molecule has 0 radical (unpaired) electrons. The van der Waals surface area contributed by atoms with E-state index in [1.54, 1.807) is 23.1 Å². The highest BCUT2D eigenvalue weighted by atomic mass is 19.1. The van der Waals surface area contributed by atoms with Gasteiger partial charge in [-0.25, -0.2) is 18.9 Å². The zero-order valence-corrected chi connectivity index (χ0v) is 15.1. The van der Waals surface area contributed by atoms with Gasteiger partial charge in [-0.2, -0.15) is 10.1 Å². The van der Waals surface area contributed by atoms with Crippen molar-refractivity contribution in [2.45, 2.75) is 19.0 Å². The summed E-state index contributed by atoms with van der Waals surface area (Å²) in [5, 5.41) is 4.61. The van der Waals surface area contributed by atoms with Crippen molar-refractivity contribution in [3.05, 3.63) is 24.7 Å². The SMILES string of the molecule is COc1ncc(-c2cc(N3CC(F)C4(CC4)C3)c3nccn3n2)c(OC)n1. The first kappa shape index (κ1) is 16.2. The van der Waals surface area contributed by atoms with Crippen LogP contribution in [0.3, 0.4) is 0 Å². The molecule has 0 N–H and O–H groups in total. The molecule has 1 saturated carbocycles. The third-order valence-electron chi connectivity index (χ3n) is 5.51. The molecule has 2 fully saturated rings. The van der Waals surface area contributed by atoms with Gasteiger partial charge in [-0.15, -0.1) is 0 Å². The van der Waals surface area contributed by atoms with Crippen LogP contribution in [-0.2, 0) is 0 Å². The molecule has 2 aliphatic rings. The van der Waals surface area contributed by atoms with Gasteiger partial charge in [0.05, 0.1) is 25.5 Å². The average Bonchev–Trinajstić information content (AvgIpc) is 3.19. The van der Waals surface area contributed by atoms with Gasteiger partial charge in [0.25, 0.3) is 0 Å². The number of aromatic nitrogens is 5. The minimum Gasteiger partial charge on any atom is -0.480 e. The summed E-state index contributed by atoms with van der Waals surface area (Å²) in [4.78, 5) is 14.9. The van der Waals surface area contributed by atoms with Gasteiger partial charge in [-0.1, -0.05) is 0 Å². The molecule has 4 heterocycles. The van der Waals surface area contributed by atoms with E-state index < -0.39 is 6.17 Å². The van der Waals surface area contributed by atoms with Crippen LogP contribution in [0, 0.1) is 5.41 Å². The predicted molar refractivity (Wildman–Crippen MR) is 95.9 cm³/mol. The van der Waals surface area contributed by atoms with Gasteiger partial charge in [0.1, 0.15) is 11.9 Å². The number of imidazole rings is 1. The van der Waals surface area contributed by atoms with E-state index in [0.29, 0.717) is 35.9 Å². The van der Waals surface area contributed by atoms with Crippen LogP contribution in [0.2, 0.25) is 0 Å². The van der Waals surface area contributed by atoms with Crippen molar-refractivity contribution in [2.75, 3.05) is 32.2 Å². The molecule has 1 spiro atoms. The van der Waals surface area contributed by atoms with E-state index in [4.69, 9.17) is 9.47 Å². The second-order valence-corrected chi connectivity index (χ2v) is 7.10. The number of halogens is 1. The molecule has 1 unspecified atom stereocenters. The van der Waals surface area contributed by atoms with Crippen LogP contribution in [0.15, 0.2) is 24.7 Å². The summed E-state index contributed by atoms with van der Waals surface area (Å²) in [6, 6.07) is 2.12. The molecule has 0 bridgehead atoms. The fourth-order valence-electron chi connectivity index (χ4n) is 3.79. The normalized spacial score (nSPS) is 20.4. The van der Waals surface area contributed by atoms with Gasteiger partial charge in [0.15, 0.2) is 5.65 Å². The van der Waals surface area contributed by atoms with Crippen LogP contribution in [0.5, 0.6) is 11.9 Å². The molecule has 9 heteroatoms. The number of rotatable bonds is 4. The summed E-state index contributed by atoms with van der Waals surface area (Å²) in [6.45, 7) is 1.08. The number of hydrogen-bond acceptors (Lipinski definition) is 7. The van der Waals surface area contributed by atoms with Crippen molar-refractivity contribution in [2.24, 2.45) is 5.41 Å². The molecule has 0 aromatic carbocycles. The number of alkyl halides is 1. The first-order valence-corrected chi connectivity index (χ1v) is 8.82. The Kier molecular flexibility index (Phi) is 3.46. The fourth-order valence-corrected chi connectivity index (χ4v) is 3.79. The lowest BCUT2D eigenvalue weighted by atomic mass is 10.1. The van der Waals surface area contributed by atoms with Crippen molar-refractivity contribution < 1.29 is 13.9 Å². The molecule has 140 valence electrons. The van der Waals surface area contributed by atoms with Crippen LogP contribution in [0.25, 0.3) is 16.9 Å². The maximum absolute atomic E-state index is 14.5. The van der Waals surface area contributed by atoms with Gasteiger partial charge in [-0.05, 0) is 18.9 Å². The number of hydrogen-bond donors (Lipinski definition) is 0. The van der Waals surface area contributed by atoms with Crippen LogP contribution in [0.4, 0.5) is 10.1 Å². The van der Waals surface area contributed by atoms with Gasteiger partial charge in [0, 0.05) is 37.1 Å². The molecule has 5 rings (SSSR count). The van der Waals surface area contributed by atoms with E-state index in [1.807, 2.05) is 6.07 Å². The third-order valence-corrected chi connectivity index (χ3v) is 5.51. The predicted octanol–water partition coefficient (Wildman–Crippen LogP) is 2.14. The topological polar surface area (TPSA) is 77.7 Å². The van der Waals surface area contributed by atoms with Crippen molar-refractivity contribution >= 4 is 11.3 Å². The van der Waals surface area contributed by atoms with Crippen molar-refractivity contribution in [3.63, 3.8) is 0 Å². The summed E-state index contributed by atoms with van der Waals surface area (Å²) in [5.74, 6) is 0.364. The number of fused-ring (bicyclic) bond motifs is 1. The first-order chi connectivity index (χ1) is 13.1. The molecule has 3 aromatic rings. The Morgan fingerprint density at radius 2 is 2.07 bits per heavy atom. The molecule has 3 aromatic heterocycles. The highest BCUT2D eigenvalue weighted by molar-refractivity contribution is 5.76. The minimum absolute atomic E-state index is 0.173. The van der Waals surface area contributed by atoms with Crippen molar-refractivity contribution in [1.29, 1.82) is 0 Å². The summed E-state index contributed by atoms with van der Waals surface area (Å²) < 4.78 is 26.7.